The molecule has 5 nitrogen and oxygen atoms in total. The Hall–Kier alpha value is -0.880. The largest absolute Gasteiger partial charge is 0.451 e. The Bertz CT molecular complexity index is 294. The fraction of sp³-hybridized carbons (Fsp3) is 0.667. The average Bonchev–Trinajstić information content (AvgIpc) is 2.16. The molecular formula is C9H16O5S. The van der Waals surface area contributed by atoms with Gasteiger partial charge in [-0.15, -0.1) is 0 Å². The molecule has 0 bridgehead atoms. The summed E-state index contributed by atoms with van der Waals surface area (Å²) in [6.07, 6.45) is 4.35. The molecule has 0 aliphatic rings. The van der Waals surface area contributed by atoms with Crippen LogP contribution in [0.1, 0.15) is 32.6 Å². The van der Waals surface area contributed by atoms with Crippen LogP contribution in [-0.4, -0.2) is 21.0 Å². The molecule has 0 aromatic rings. The van der Waals surface area contributed by atoms with Crippen molar-refractivity contribution in [3.63, 3.8) is 0 Å². The molecule has 15 heavy (non-hydrogen) atoms. The van der Waals surface area contributed by atoms with Crippen molar-refractivity contribution < 1.29 is 21.6 Å². The van der Waals surface area contributed by atoms with Crippen LogP contribution in [0.4, 0.5) is 0 Å². The van der Waals surface area contributed by atoms with Gasteiger partial charge in [0.2, 0.25) is 0 Å². The van der Waals surface area contributed by atoms with Crippen molar-refractivity contribution in [1.29, 1.82) is 0 Å². The van der Waals surface area contributed by atoms with E-state index in [0.717, 1.165) is 25.3 Å². The van der Waals surface area contributed by atoms with Crippen LogP contribution < -0.4 is 0 Å². The minimum absolute atomic E-state index is 0.0345. The highest BCUT2D eigenvalue weighted by molar-refractivity contribution is 7.82. The number of hydrogen-bond acceptors (Lipinski definition) is 5. The van der Waals surface area contributed by atoms with Gasteiger partial charge in [-0.1, -0.05) is 32.8 Å². The van der Waals surface area contributed by atoms with Gasteiger partial charge in [0, 0.05) is 6.08 Å². The van der Waals surface area contributed by atoms with Crippen molar-refractivity contribution in [3.8, 4) is 0 Å². The third-order valence-electron chi connectivity index (χ3n) is 1.58. The third-order valence-corrected chi connectivity index (χ3v) is 2.40. The zero-order valence-corrected chi connectivity index (χ0v) is 9.59. The molecule has 0 heterocycles. The summed E-state index contributed by atoms with van der Waals surface area (Å²) in [5.74, 6) is -1.04. The quantitative estimate of drug-likeness (QED) is 0.472. The van der Waals surface area contributed by atoms with E-state index in [9.17, 15) is 13.2 Å². The van der Waals surface area contributed by atoms with Crippen molar-refractivity contribution in [2.75, 3.05) is 6.61 Å². The summed E-state index contributed by atoms with van der Waals surface area (Å²) < 4.78 is 30.3. The molecule has 0 radical (unpaired) electrons. The lowest BCUT2D eigenvalue weighted by Crippen LogP contribution is -2.14. The summed E-state index contributed by atoms with van der Waals surface area (Å²) in [6, 6.07) is 0. The molecule has 0 spiro atoms. The van der Waals surface area contributed by atoms with Crippen LogP contribution in [0.5, 0.6) is 0 Å². The Labute approximate surface area is 90.4 Å². The molecule has 0 rings (SSSR count). The van der Waals surface area contributed by atoms with Crippen molar-refractivity contribution in [2.24, 2.45) is 0 Å². The van der Waals surface area contributed by atoms with E-state index in [1.807, 2.05) is 6.92 Å². The van der Waals surface area contributed by atoms with Gasteiger partial charge in [0.1, 0.15) is 0 Å². The molecule has 0 aromatic heterocycles. The third kappa shape index (κ3) is 8.14. The standard InChI is InChI=1S/C9H16O5S/c1-3-5-6-7-8-13-15(11,12)14-9(10)4-2/h4H,2-3,5-8H2,1H3. The Balaban J connectivity index is 3.75. The minimum atomic E-state index is -4.20. The summed E-state index contributed by atoms with van der Waals surface area (Å²) in [7, 11) is -4.20. The Morgan fingerprint density at radius 2 is 2.00 bits per heavy atom. The molecule has 0 aromatic carbocycles. The highest BCUT2D eigenvalue weighted by atomic mass is 32.3. The Kier molecular flexibility index (Phi) is 6.98. The van der Waals surface area contributed by atoms with Gasteiger partial charge in [0.25, 0.3) is 0 Å². The number of unbranched alkanes of at least 4 members (excludes halogenated alkanes) is 3. The molecule has 0 amide bonds. The Morgan fingerprint density at radius 1 is 1.33 bits per heavy atom. The molecule has 0 N–H and O–H groups in total. The van der Waals surface area contributed by atoms with Crippen molar-refractivity contribution in [2.45, 2.75) is 32.6 Å². The monoisotopic (exact) mass is 236 g/mol. The van der Waals surface area contributed by atoms with Crippen molar-refractivity contribution in [1.82, 2.24) is 0 Å². The summed E-state index contributed by atoms with van der Waals surface area (Å²) >= 11 is 0. The summed E-state index contributed by atoms with van der Waals surface area (Å²) in [6.45, 7) is 5.15. The normalized spacial score (nSPS) is 11.0. The first kappa shape index (κ1) is 14.1. The number of rotatable bonds is 8. The maximum absolute atomic E-state index is 10.9. The molecule has 6 heteroatoms. The molecule has 0 atom stereocenters. The lowest BCUT2D eigenvalue weighted by molar-refractivity contribution is -0.129. The van der Waals surface area contributed by atoms with E-state index in [0.29, 0.717) is 6.42 Å². The molecule has 0 unspecified atom stereocenters. The van der Waals surface area contributed by atoms with E-state index in [-0.39, 0.29) is 6.61 Å². The zero-order chi connectivity index (χ0) is 11.7. The van der Waals surface area contributed by atoms with Crippen LogP contribution in [0.25, 0.3) is 0 Å². The van der Waals surface area contributed by atoms with Gasteiger partial charge in [0.15, 0.2) is 0 Å². The summed E-state index contributed by atoms with van der Waals surface area (Å²) in [5.41, 5.74) is 0. The van der Waals surface area contributed by atoms with E-state index < -0.39 is 16.4 Å². The summed E-state index contributed by atoms with van der Waals surface area (Å²) in [4.78, 5) is 10.6. The highest BCUT2D eigenvalue weighted by Gasteiger charge is 2.15. The lowest BCUT2D eigenvalue weighted by atomic mass is 10.2. The molecule has 0 saturated heterocycles. The lowest BCUT2D eigenvalue weighted by Gasteiger charge is -2.03. The number of carbonyl (C=O) groups excluding carboxylic acids is 1. The van der Waals surface area contributed by atoms with Gasteiger partial charge >= 0.3 is 16.4 Å². The van der Waals surface area contributed by atoms with Gasteiger partial charge in [0.05, 0.1) is 6.61 Å². The predicted octanol–water partition coefficient (Wildman–Crippen LogP) is 1.56. The fourth-order valence-electron chi connectivity index (χ4n) is 0.848. The first-order valence-corrected chi connectivity index (χ1v) is 6.10. The number of hydrogen-bond donors (Lipinski definition) is 0. The fourth-order valence-corrected chi connectivity index (χ4v) is 1.49. The second-order valence-corrected chi connectivity index (χ2v) is 4.12. The second-order valence-electron chi connectivity index (χ2n) is 2.90. The molecule has 0 saturated carbocycles. The molecule has 88 valence electrons. The SMILES string of the molecule is C=CC(=O)OS(=O)(=O)OCCCCCC. The van der Waals surface area contributed by atoms with Crippen LogP contribution in [0.3, 0.4) is 0 Å². The second kappa shape index (κ2) is 7.42. The highest BCUT2D eigenvalue weighted by Crippen LogP contribution is 2.03. The maximum Gasteiger partial charge on any atom is 0.451 e. The predicted molar refractivity (Wildman–Crippen MR) is 55.3 cm³/mol. The van der Waals surface area contributed by atoms with Crippen molar-refractivity contribution in [3.05, 3.63) is 12.7 Å². The van der Waals surface area contributed by atoms with E-state index in [2.05, 4.69) is 14.9 Å². The van der Waals surface area contributed by atoms with Gasteiger partial charge in [-0.25, -0.2) is 8.98 Å². The van der Waals surface area contributed by atoms with E-state index in [1.54, 1.807) is 0 Å². The minimum Gasteiger partial charge on any atom is -0.321 e. The van der Waals surface area contributed by atoms with Crippen LogP contribution in [0.15, 0.2) is 12.7 Å². The molecule has 0 aliphatic carbocycles. The van der Waals surface area contributed by atoms with Gasteiger partial charge in [-0.3, -0.25) is 0 Å². The first-order valence-electron chi connectivity index (χ1n) is 4.77. The zero-order valence-electron chi connectivity index (χ0n) is 8.77. The molecule has 0 fully saturated rings. The van der Waals surface area contributed by atoms with Gasteiger partial charge in [-0.2, -0.15) is 8.42 Å². The smallest absolute Gasteiger partial charge is 0.321 e. The van der Waals surface area contributed by atoms with E-state index in [1.165, 1.54) is 0 Å². The van der Waals surface area contributed by atoms with Crippen LogP contribution in [0.2, 0.25) is 0 Å². The van der Waals surface area contributed by atoms with E-state index in [4.69, 9.17) is 0 Å². The van der Waals surface area contributed by atoms with Crippen LogP contribution >= 0.6 is 0 Å². The Morgan fingerprint density at radius 3 is 2.53 bits per heavy atom. The molecular weight excluding hydrogens is 220 g/mol. The number of carbonyl (C=O) groups is 1. The van der Waals surface area contributed by atoms with Gasteiger partial charge < -0.3 is 4.18 Å². The van der Waals surface area contributed by atoms with Crippen LogP contribution in [0, 0.1) is 0 Å². The maximum atomic E-state index is 10.9. The average molecular weight is 236 g/mol. The molecule has 0 aliphatic heterocycles. The first-order chi connectivity index (χ1) is 7.02. The van der Waals surface area contributed by atoms with E-state index >= 15 is 0 Å². The topological polar surface area (TPSA) is 69.7 Å². The van der Waals surface area contributed by atoms with Crippen molar-refractivity contribution >= 4 is 16.4 Å². The van der Waals surface area contributed by atoms with Crippen LogP contribution in [-0.2, 0) is 23.6 Å². The van der Waals surface area contributed by atoms with Gasteiger partial charge in [-0.05, 0) is 6.42 Å². The summed E-state index contributed by atoms with van der Waals surface area (Å²) in [5, 5.41) is 0.